The van der Waals surface area contributed by atoms with Crippen LogP contribution in [-0.4, -0.2) is 31.8 Å². The molecule has 0 aliphatic rings. The fraction of sp³-hybridized carbons (Fsp3) is 0.250. The number of nitro benzene ring substituents is 1. The Bertz CT molecular complexity index is 1530. The summed E-state index contributed by atoms with van der Waals surface area (Å²) in [5, 5.41) is 11.9. The minimum absolute atomic E-state index is 0.0960. The summed E-state index contributed by atoms with van der Waals surface area (Å²) in [7, 11) is 0. The van der Waals surface area contributed by atoms with Gasteiger partial charge in [-0.2, -0.15) is 0 Å². The van der Waals surface area contributed by atoms with Gasteiger partial charge in [0.25, 0.3) is 17.2 Å². The average Bonchev–Trinajstić information content (AvgIpc) is 2.87. The predicted octanol–water partition coefficient (Wildman–Crippen LogP) is 6.12. The number of benzene rings is 3. The van der Waals surface area contributed by atoms with Gasteiger partial charge in [0.1, 0.15) is 5.82 Å². The molecule has 0 fully saturated rings. The summed E-state index contributed by atoms with van der Waals surface area (Å²) in [6.45, 7) is 8.15. The second-order valence-corrected chi connectivity index (χ2v) is 9.88. The number of nitrogens with zero attached hydrogens (tertiary/aromatic N) is 4. The van der Waals surface area contributed by atoms with Gasteiger partial charge in [-0.25, -0.2) is 4.98 Å². The quantitative estimate of drug-likeness (QED) is 0.217. The van der Waals surface area contributed by atoms with E-state index in [1.807, 2.05) is 52.0 Å². The van der Waals surface area contributed by atoms with Crippen molar-refractivity contribution in [3.05, 3.63) is 109 Å². The molecule has 1 atom stereocenters. The van der Waals surface area contributed by atoms with Crippen molar-refractivity contribution < 1.29 is 9.72 Å². The Kier molecular flexibility index (Phi) is 7.40. The summed E-state index contributed by atoms with van der Waals surface area (Å²) < 4.78 is 1.54. The van der Waals surface area contributed by atoms with E-state index in [0.29, 0.717) is 39.5 Å². The molecule has 1 amide bonds. The van der Waals surface area contributed by atoms with Gasteiger partial charge < -0.3 is 4.90 Å². The average molecular weight is 519 g/mol. The van der Waals surface area contributed by atoms with Crippen molar-refractivity contribution in [1.82, 2.24) is 14.5 Å². The van der Waals surface area contributed by atoms with Crippen LogP contribution in [-0.2, 0) is 0 Å². The van der Waals surface area contributed by atoms with Crippen LogP contribution in [0.15, 0.2) is 71.5 Å². The number of fused-ring (bicyclic) bond motifs is 1. The van der Waals surface area contributed by atoms with Crippen LogP contribution in [0, 0.1) is 23.0 Å². The maximum atomic E-state index is 13.7. The number of nitro groups is 1. The van der Waals surface area contributed by atoms with E-state index in [1.165, 1.54) is 28.8 Å². The van der Waals surface area contributed by atoms with Gasteiger partial charge in [0, 0.05) is 29.3 Å². The summed E-state index contributed by atoms with van der Waals surface area (Å²) in [6.07, 6.45) is 0. The second-order valence-electron chi connectivity index (χ2n) is 9.44. The van der Waals surface area contributed by atoms with Crippen LogP contribution in [0.4, 0.5) is 5.69 Å². The molecule has 0 spiro atoms. The van der Waals surface area contributed by atoms with E-state index >= 15 is 0 Å². The Balaban J connectivity index is 1.90. The SMILES string of the molecule is Cc1ccc(-n2c(C(C)N(CC(C)C)C(=O)c3ccc([N+](=O)[O-])cc3)nc3cc(Cl)ccc3c2=O)cc1. The Morgan fingerprint density at radius 2 is 1.70 bits per heavy atom. The van der Waals surface area contributed by atoms with Gasteiger partial charge >= 0.3 is 0 Å². The number of amides is 1. The van der Waals surface area contributed by atoms with Gasteiger partial charge in [-0.3, -0.25) is 24.3 Å². The largest absolute Gasteiger partial charge is 0.328 e. The number of halogens is 1. The first-order valence-corrected chi connectivity index (χ1v) is 12.3. The van der Waals surface area contributed by atoms with Crippen LogP contribution < -0.4 is 5.56 Å². The van der Waals surface area contributed by atoms with E-state index in [0.717, 1.165) is 5.56 Å². The third kappa shape index (κ3) is 5.39. The molecule has 37 heavy (non-hydrogen) atoms. The van der Waals surface area contributed by atoms with Crippen molar-refractivity contribution in [2.24, 2.45) is 5.92 Å². The lowest BCUT2D eigenvalue weighted by Gasteiger charge is -2.32. The zero-order valence-electron chi connectivity index (χ0n) is 21.0. The van der Waals surface area contributed by atoms with E-state index in [1.54, 1.807) is 23.1 Å². The minimum atomic E-state index is -0.609. The maximum Gasteiger partial charge on any atom is 0.269 e. The van der Waals surface area contributed by atoms with Crippen molar-refractivity contribution in [2.45, 2.75) is 33.7 Å². The number of carbonyl (C=O) groups is 1. The molecule has 1 aromatic heterocycles. The maximum absolute atomic E-state index is 13.7. The van der Waals surface area contributed by atoms with Gasteiger partial charge in [-0.05, 0) is 62.2 Å². The zero-order valence-corrected chi connectivity index (χ0v) is 21.8. The Morgan fingerprint density at radius 1 is 1.05 bits per heavy atom. The number of non-ortho nitro benzene ring substituents is 1. The predicted molar refractivity (Wildman–Crippen MR) is 144 cm³/mol. The number of aromatic nitrogens is 2. The second kappa shape index (κ2) is 10.5. The molecule has 0 N–H and O–H groups in total. The highest BCUT2D eigenvalue weighted by Gasteiger charge is 2.28. The van der Waals surface area contributed by atoms with Gasteiger partial charge in [-0.15, -0.1) is 0 Å². The summed E-state index contributed by atoms with van der Waals surface area (Å²) >= 11 is 6.21. The first kappa shape index (κ1) is 26.0. The first-order valence-electron chi connectivity index (χ1n) is 11.9. The molecular formula is C28H27ClN4O4. The fourth-order valence-electron chi connectivity index (χ4n) is 4.24. The van der Waals surface area contributed by atoms with Crippen molar-refractivity contribution in [3.63, 3.8) is 0 Å². The van der Waals surface area contributed by atoms with Crippen LogP contribution in [0.3, 0.4) is 0 Å². The van der Waals surface area contributed by atoms with Gasteiger partial charge in [-0.1, -0.05) is 43.1 Å². The summed E-state index contributed by atoms with van der Waals surface area (Å²) in [6, 6.07) is 17.4. The Hall–Kier alpha value is -4.04. The van der Waals surface area contributed by atoms with Gasteiger partial charge in [0.2, 0.25) is 0 Å². The van der Waals surface area contributed by atoms with Crippen LogP contribution >= 0.6 is 11.6 Å². The molecule has 0 aliphatic carbocycles. The van der Waals surface area contributed by atoms with Crippen molar-refractivity contribution in [3.8, 4) is 5.69 Å². The topological polar surface area (TPSA) is 98.3 Å². The van der Waals surface area contributed by atoms with Crippen LogP contribution in [0.5, 0.6) is 0 Å². The highest BCUT2D eigenvalue weighted by Crippen LogP contribution is 2.27. The van der Waals surface area contributed by atoms with E-state index in [4.69, 9.17) is 16.6 Å². The van der Waals surface area contributed by atoms with E-state index in [9.17, 15) is 19.7 Å². The molecular weight excluding hydrogens is 492 g/mol. The normalized spacial score (nSPS) is 12.1. The van der Waals surface area contributed by atoms with Gasteiger partial charge in [0.15, 0.2) is 0 Å². The highest BCUT2D eigenvalue weighted by atomic mass is 35.5. The lowest BCUT2D eigenvalue weighted by Crippen LogP contribution is -2.39. The lowest BCUT2D eigenvalue weighted by molar-refractivity contribution is -0.384. The summed E-state index contributed by atoms with van der Waals surface area (Å²) in [4.78, 5) is 44.5. The number of aryl methyl sites for hydroxylation is 1. The lowest BCUT2D eigenvalue weighted by atomic mass is 10.1. The number of carbonyl (C=O) groups excluding carboxylic acids is 1. The standard InChI is InChI=1S/C28H27ClN4O4/c1-17(2)16-31(27(34)20-7-12-23(13-8-20)33(36)37)19(4)26-30-25-15-21(29)9-14-24(25)28(35)32(26)22-10-5-18(3)6-11-22/h5-15,17,19H,16H2,1-4H3. The fourth-order valence-corrected chi connectivity index (χ4v) is 4.41. The first-order chi connectivity index (χ1) is 17.6. The molecule has 9 heteroatoms. The molecule has 0 radical (unpaired) electrons. The number of hydrogen-bond donors (Lipinski definition) is 0. The summed E-state index contributed by atoms with van der Waals surface area (Å²) in [5.41, 5.74) is 2.07. The van der Waals surface area contributed by atoms with Crippen LogP contribution in [0.1, 0.15) is 48.6 Å². The zero-order chi connectivity index (χ0) is 26.9. The monoisotopic (exact) mass is 518 g/mol. The van der Waals surface area contributed by atoms with Crippen molar-refractivity contribution >= 4 is 34.1 Å². The molecule has 0 saturated carbocycles. The Morgan fingerprint density at radius 3 is 2.30 bits per heavy atom. The molecule has 0 aliphatic heterocycles. The molecule has 1 unspecified atom stereocenters. The van der Waals surface area contributed by atoms with E-state index < -0.39 is 11.0 Å². The third-order valence-electron chi connectivity index (χ3n) is 6.14. The van der Waals surface area contributed by atoms with Gasteiger partial charge in [0.05, 0.1) is 27.6 Å². The highest BCUT2D eigenvalue weighted by molar-refractivity contribution is 6.31. The molecule has 0 saturated heterocycles. The minimum Gasteiger partial charge on any atom is -0.328 e. The molecule has 1 heterocycles. The molecule has 0 bridgehead atoms. The molecule has 4 aromatic rings. The molecule has 3 aromatic carbocycles. The van der Waals surface area contributed by atoms with Crippen LogP contribution in [0.25, 0.3) is 16.6 Å². The number of rotatable bonds is 7. The summed E-state index contributed by atoms with van der Waals surface area (Å²) in [5.74, 6) is 0.186. The number of hydrogen-bond acceptors (Lipinski definition) is 5. The van der Waals surface area contributed by atoms with Crippen LogP contribution in [0.2, 0.25) is 5.02 Å². The molecule has 8 nitrogen and oxygen atoms in total. The van der Waals surface area contributed by atoms with E-state index in [2.05, 4.69) is 0 Å². The Labute approximate surface area is 219 Å². The smallest absolute Gasteiger partial charge is 0.269 e. The molecule has 4 rings (SSSR count). The van der Waals surface area contributed by atoms with Crippen molar-refractivity contribution in [2.75, 3.05) is 6.54 Å². The van der Waals surface area contributed by atoms with E-state index in [-0.39, 0.29) is 23.1 Å². The third-order valence-corrected chi connectivity index (χ3v) is 6.37. The molecule has 190 valence electrons. The van der Waals surface area contributed by atoms with Crippen molar-refractivity contribution in [1.29, 1.82) is 0 Å².